The third kappa shape index (κ3) is 3.35. The second-order valence-electron chi connectivity index (χ2n) is 7.46. The van der Waals surface area contributed by atoms with Crippen molar-refractivity contribution in [2.24, 2.45) is 4.99 Å². The first-order valence-electron chi connectivity index (χ1n) is 9.51. The van der Waals surface area contributed by atoms with Gasteiger partial charge < -0.3 is 9.88 Å². The van der Waals surface area contributed by atoms with Crippen LogP contribution >= 0.6 is 0 Å². The zero-order chi connectivity index (χ0) is 19.0. The molecule has 27 heavy (non-hydrogen) atoms. The lowest BCUT2D eigenvalue weighted by molar-refractivity contribution is 0.226. The van der Waals surface area contributed by atoms with Crippen molar-refractivity contribution in [3.8, 4) is 0 Å². The first-order chi connectivity index (χ1) is 13.1. The van der Waals surface area contributed by atoms with E-state index in [1.54, 1.807) is 4.90 Å². The highest BCUT2D eigenvalue weighted by molar-refractivity contribution is 6.18. The number of aromatic nitrogens is 2. The Balaban J connectivity index is 1.67. The van der Waals surface area contributed by atoms with Crippen molar-refractivity contribution in [3.63, 3.8) is 0 Å². The minimum absolute atomic E-state index is 0.0124. The Labute approximate surface area is 159 Å². The van der Waals surface area contributed by atoms with Crippen LogP contribution in [0.1, 0.15) is 30.4 Å². The van der Waals surface area contributed by atoms with E-state index >= 15 is 0 Å². The highest BCUT2D eigenvalue weighted by Gasteiger charge is 2.42. The fourth-order valence-corrected chi connectivity index (χ4v) is 3.74. The lowest BCUT2D eigenvalue weighted by Crippen LogP contribution is -2.50. The minimum atomic E-state index is -0.0124. The van der Waals surface area contributed by atoms with Crippen molar-refractivity contribution in [1.82, 2.24) is 19.8 Å². The first-order valence-corrected chi connectivity index (χ1v) is 9.51. The zero-order valence-electron chi connectivity index (χ0n) is 16.1. The molecule has 1 N–H and O–H groups in total. The predicted octanol–water partition coefficient (Wildman–Crippen LogP) is 2.49. The van der Waals surface area contributed by atoms with Gasteiger partial charge in [0.1, 0.15) is 11.5 Å². The number of benzene rings is 1. The summed E-state index contributed by atoms with van der Waals surface area (Å²) in [6.45, 7) is 4.05. The Bertz CT molecular complexity index is 857. The smallest absolute Gasteiger partial charge is 0.331 e. The van der Waals surface area contributed by atoms with E-state index in [0.717, 1.165) is 30.2 Å². The van der Waals surface area contributed by atoms with Crippen LogP contribution < -0.4 is 4.90 Å². The molecule has 0 aliphatic carbocycles. The van der Waals surface area contributed by atoms with Crippen LogP contribution in [0.15, 0.2) is 35.3 Å². The van der Waals surface area contributed by atoms with Crippen molar-refractivity contribution >= 4 is 17.7 Å². The molecular formula is C20H26N6O. The summed E-state index contributed by atoms with van der Waals surface area (Å²) in [7, 11) is 4.01. The summed E-state index contributed by atoms with van der Waals surface area (Å²) in [4.78, 5) is 31.8. The standard InChI is InChI=1S/C20H26N6O/c1-4-10-25-19-17(22-16(23-19)13-24(2)3)18-21-15(12-26(18)20(25)27)11-14-8-6-5-7-9-14/h5-9,15H,4,10-13H2,1-3H3,(H,22,23)/t15-/m1/s1. The number of imidazole rings is 1. The molecule has 2 aliphatic heterocycles. The number of nitrogens with zero attached hydrogens (tertiary/aromatic N) is 5. The van der Waals surface area contributed by atoms with Crippen molar-refractivity contribution in [3.05, 3.63) is 47.4 Å². The number of rotatable bonds is 6. The summed E-state index contributed by atoms with van der Waals surface area (Å²) in [5.41, 5.74) is 2.11. The molecule has 2 amide bonds. The maximum Gasteiger partial charge on any atom is 0.331 e. The molecule has 0 fully saturated rings. The number of anilines is 1. The summed E-state index contributed by atoms with van der Waals surface area (Å²) in [5, 5.41) is 0. The molecule has 0 unspecified atom stereocenters. The number of aromatic amines is 1. The normalized spacial score (nSPS) is 18.7. The summed E-state index contributed by atoms with van der Waals surface area (Å²) in [6, 6.07) is 10.4. The molecule has 0 radical (unpaired) electrons. The summed E-state index contributed by atoms with van der Waals surface area (Å²) in [5.74, 6) is 2.31. The molecule has 0 saturated carbocycles. The monoisotopic (exact) mass is 366 g/mol. The molecule has 4 rings (SSSR count). The lowest BCUT2D eigenvalue weighted by Gasteiger charge is -2.32. The Kier molecular flexibility index (Phi) is 4.70. The molecule has 2 aliphatic rings. The van der Waals surface area contributed by atoms with E-state index in [9.17, 15) is 4.79 Å². The Morgan fingerprint density at radius 1 is 1.26 bits per heavy atom. The number of urea groups is 1. The van der Waals surface area contributed by atoms with Gasteiger partial charge in [0, 0.05) is 6.54 Å². The van der Waals surface area contributed by atoms with Crippen molar-refractivity contribution in [2.75, 3.05) is 32.1 Å². The molecule has 0 spiro atoms. The molecule has 1 aromatic carbocycles. The second kappa shape index (κ2) is 7.15. The molecule has 0 saturated heterocycles. The van der Waals surface area contributed by atoms with Crippen molar-refractivity contribution < 1.29 is 4.79 Å². The van der Waals surface area contributed by atoms with Gasteiger partial charge in [-0.15, -0.1) is 0 Å². The predicted molar refractivity (Wildman–Crippen MR) is 106 cm³/mol. The Morgan fingerprint density at radius 2 is 2.04 bits per heavy atom. The average Bonchev–Trinajstić information content (AvgIpc) is 3.23. The van der Waals surface area contributed by atoms with E-state index in [4.69, 9.17) is 9.98 Å². The maximum atomic E-state index is 13.1. The number of aliphatic imine (C=N–C) groups is 1. The topological polar surface area (TPSA) is 67.8 Å². The molecule has 1 aromatic heterocycles. The molecular weight excluding hydrogens is 340 g/mol. The number of carbonyl (C=O) groups is 1. The molecule has 0 bridgehead atoms. The number of fused-ring (bicyclic) bond motifs is 3. The van der Waals surface area contributed by atoms with Gasteiger partial charge in [0.2, 0.25) is 0 Å². The fraction of sp³-hybridized carbons (Fsp3) is 0.450. The molecule has 7 nitrogen and oxygen atoms in total. The van der Waals surface area contributed by atoms with Crippen molar-refractivity contribution in [1.29, 1.82) is 0 Å². The SMILES string of the molecule is CCCN1C(=O)N2C[C@@H](Cc3ccccc3)N=C2c2[nH]c(CN(C)C)nc21. The number of carbonyl (C=O) groups excluding carboxylic acids is 1. The number of amides is 2. The van der Waals surface area contributed by atoms with Gasteiger partial charge in [-0.2, -0.15) is 0 Å². The average molecular weight is 366 g/mol. The number of hydrogen-bond acceptors (Lipinski definition) is 4. The van der Waals surface area contributed by atoms with E-state index < -0.39 is 0 Å². The first kappa shape index (κ1) is 17.7. The van der Waals surface area contributed by atoms with Crippen LogP contribution in [0.5, 0.6) is 0 Å². The van der Waals surface area contributed by atoms with Crippen LogP contribution in [0.2, 0.25) is 0 Å². The van der Waals surface area contributed by atoms with E-state index in [2.05, 4.69) is 28.9 Å². The Morgan fingerprint density at radius 3 is 2.74 bits per heavy atom. The molecule has 7 heteroatoms. The van der Waals surface area contributed by atoms with Crippen LogP contribution in [0.25, 0.3) is 0 Å². The van der Waals surface area contributed by atoms with Gasteiger partial charge in [0.25, 0.3) is 0 Å². The second-order valence-corrected chi connectivity index (χ2v) is 7.46. The van der Waals surface area contributed by atoms with Crippen molar-refractivity contribution in [2.45, 2.75) is 32.4 Å². The van der Waals surface area contributed by atoms with Gasteiger partial charge in [0.15, 0.2) is 11.7 Å². The number of hydrogen-bond donors (Lipinski definition) is 1. The number of nitrogens with one attached hydrogen (secondary N) is 1. The molecule has 3 heterocycles. The summed E-state index contributed by atoms with van der Waals surface area (Å²) < 4.78 is 0. The van der Waals surface area contributed by atoms with Gasteiger partial charge >= 0.3 is 6.03 Å². The van der Waals surface area contributed by atoms with Gasteiger partial charge in [-0.3, -0.25) is 14.8 Å². The Hall–Kier alpha value is -2.67. The van der Waals surface area contributed by atoms with Crippen LogP contribution in [0.4, 0.5) is 10.6 Å². The summed E-state index contributed by atoms with van der Waals surface area (Å²) >= 11 is 0. The highest BCUT2D eigenvalue weighted by Crippen LogP contribution is 2.31. The third-order valence-electron chi connectivity index (χ3n) is 4.86. The number of amidine groups is 1. The van der Waals surface area contributed by atoms with E-state index in [-0.39, 0.29) is 12.1 Å². The maximum absolute atomic E-state index is 13.1. The molecule has 2 aromatic rings. The molecule has 1 atom stereocenters. The van der Waals surface area contributed by atoms with Crippen LogP contribution in [0.3, 0.4) is 0 Å². The van der Waals surface area contributed by atoms with Crippen LogP contribution in [-0.2, 0) is 13.0 Å². The number of H-pyrrole nitrogens is 1. The fourth-order valence-electron chi connectivity index (χ4n) is 3.74. The van der Waals surface area contributed by atoms with Crippen LogP contribution in [0, 0.1) is 0 Å². The highest BCUT2D eigenvalue weighted by atomic mass is 16.2. The molecule has 142 valence electrons. The zero-order valence-corrected chi connectivity index (χ0v) is 16.1. The van der Waals surface area contributed by atoms with E-state index in [0.29, 0.717) is 25.5 Å². The van der Waals surface area contributed by atoms with E-state index in [1.165, 1.54) is 5.56 Å². The van der Waals surface area contributed by atoms with Gasteiger partial charge in [-0.05, 0) is 32.5 Å². The largest absolute Gasteiger partial charge is 0.337 e. The van der Waals surface area contributed by atoms with Gasteiger partial charge in [-0.25, -0.2) is 9.78 Å². The lowest BCUT2D eigenvalue weighted by atomic mass is 10.1. The summed E-state index contributed by atoms with van der Waals surface area (Å²) in [6.07, 6.45) is 1.71. The van der Waals surface area contributed by atoms with Gasteiger partial charge in [0.05, 0.1) is 19.1 Å². The van der Waals surface area contributed by atoms with Gasteiger partial charge in [-0.1, -0.05) is 37.3 Å². The third-order valence-corrected chi connectivity index (χ3v) is 4.86. The van der Waals surface area contributed by atoms with E-state index in [1.807, 2.05) is 37.2 Å². The quantitative estimate of drug-likeness (QED) is 0.854. The minimum Gasteiger partial charge on any atom is -0.337 e. The van der Waals surface area contributed by atoms with Crippen LogP contribution in [-0.4, -0.2) is 64.9 Å².